The number of nitrogens with zero attached hydrogens (tertiary/aromatic N) is 1. The molecule has 8 heteroatoms. The molecule has 0 unspecified atom stereocenters. The smallest absolute Gasteiger partial charge is 0.326 e. The van der Waals surface area contributed by atoms with Crippen LogP contribution in [-0.2, 0) is 14.3 Å². The van der Waals surface area contributed by atoms with Gasteiger partial charge in [-0.25, -0.2) is 0 Å². The maximum absolute atomic E-state index is 12.3. The quantitative estimate of drug-likeness (QED) is 0.633. The number of amides is 2. The van der Waals surface area contributed by atoms with Crippen molar-refractivity contribution < 1.29 is 24.2 Å². The van der Waals surface area contributed by atoms with Crippen LogP contribution in [0.25, 0.3) is 6.08 Å². The van der Waals surface area contributed by atoms with E-state index in [1.165, 1.54) is 18.2 Å². The van der Waals surface area contributed by atoms with Crippen molar-refractivity contribution >= 4 is 46.6 Å². The Morgan fingerprint density at radius 2 is 2.12 bits per heavy atom. The van der Waals surface area contributed by atoms with E-state index in [1.807, 2.05) is 13.8 Å². The summed E-state index contributed by atoms with van der Waals surface area (Å²) in [5.41, 5.74) is 0.561. The molecule has 0 radical (unpaired) electrons. The van der Waals surface area contributed by atoms with Gasteiger partial charge in [0.05, 0.1) is 16.5 Å². The first-order valence-electron chi connectivity index (χ1n) is 7.17. The lowest BCUT2D eigenvalue weighted by Gasteiger charge is -2.12. The van der Waals surface area contributed by atoms with E-state index in [0.717, 1.165) is 16.7 Å². The summed E-state index contributed by atoms with van der Waals surface area (Å²) in [6.07, 6.45) is 1.48. The second kappa shape index (κ2) is 7.72. The number of ether oxygens (including phenoxy) is 1. The number of phenols is 1. The summed E-state index contributed by atoms with van der Waals surface area (Å²) in [6, 6.07) is 4.43. The molecule has 1 heterocycles. The number of aromatic hydroxyl groups is 1. The van der Waals surface area contributed by atoms with Crippen LogP contribution in [0, 0.1) is 5.92 Å². The molecule has 1 aliphatic rings. The lowest BCUT2D eigenvalue weighted by molar-refractivity contribution is -0.147. The first kappa shape index (κ1) is 18.4. The van der Waals surface area contributed by atoms with Gasteiger partial charge in [-0.3, -0.25) is 19.3 Å². The number of imide groups is 1. The summed E-state index contributed by atoms with van der Waals surface area (Å²) in [6.45, 7) is 3.60. The van der Waals surface area contributed by atoms with Crippen molar-refractivity contribution in [3.63, 3.8) is 0 Å². The normalized spacial score (nSPS) is 16.3. The number of halogens is 1. The molecule has 1 aromatic carbocycles. The third-order valence-corrected chi connectivity index (χ3v) is 4.22. The van der Waals surface area contributed by atoms with Crippen molar-refractivity contribution in [2.24, 2.45) is 5.92 Å². The van der Waals surface area contributed by atoms with Crippen LogP contribution in [0.3, 0.4) is 0 Å². The number of rotatable bonds is 5. The Bertz CT molecular complexity index is 716. The van der Waals surface area contributed by atoms with E-state index in [2.05, 4.69) is 0 Å². The second-order valence-corrected chi connectivity index (χ2v) is 6.96. The van der Waals surface area contributed by atoms with Crippen LogP contribution < -0.4 is 0 Å². The van der Waals surface area contributed by atoms with Crippen molar-refractivity contribution in [3.05, 3.63) is 33.7 Å². The van der Waals surface area contributed by atoms with Gasteiger partial charge >= 0.3 is 5.97 Å². The van der Waals surface area contributed by atoms with Crippen LogP contribution in [0.4, 0.5) is 4.79 Å². The highest BCUT2D eigenvalue weighted by Crippen LogP contribution is 2.33. The Hall–Kier alpha value is -1.99. The van der Waals surface area contributed by atoms with Crippen molar-refractivity contribution in [2.75, 3.05) is 13.2 Å². The molecule has 0 atom stereocenters. The van der Waals surface area contributed by atoms with E-state index in [9.17, 15) is 19.5 Å². The van der Waals surface area contributed by atoms with Crippen molar-refractivity contribution in [1.82, 2.24) is 4.90 Å². The standard InChI is InChI=1S/C16H16ClNO5S/c1-9(2)8-23-14(20)7-18-15(21)13(24-16(18)22)6-10-3-4-12(19)11(17)5-10/h3-6,9,19H,7-8H2,1-2H3/b13-6+. The number of hydrogen-bond acceptors (Lipinski definition) is 6. The van der Waals surface area contributed by atoms with Crippen LogP contribution >= 0.6 is 23.4 Å². The van der Waals surface area contributed by atoms with Crippen LogP contribution in [0.2, 0.25) is 5.02 Å². The minimum absolute atomic E-state index is 0.0742. The van der Waals surface area contributed by atoms with E-state index >= 15 is 0 Å². The lowest BCUT2D eigenvalue weighted by Crippen LogP contribution is -2.34. The fourth-order valence-corrected chi connectivity index (χ4v) is 2.86. The van der Waals surface area contributed by atoms with E-state index in [4.69, 9.17) is 16.3 Å². The summed E-state index contributed by atoms with van der Waals surface area (Å²) in [5.74, 6) is -1.09. The van der Waals surface area contributed by atoms with E-state index in [-0.39, 0.29) is 28.2 Å². The number of carbonyl (C=O) groups is 3. The molecule has 128 valence electrons. The molecule has 2 amide bonds. The van der Waals surface area contributed by atoms with Gasteiger partial charge in [0.25, 0.3) is 11.1 Å². The minimum Gasteiger partial charge on any atom is -0.506 e. The number of esters is 1. The summed E-state index contributed by atoms with van der Waals surface area (Å²) in [7, 11) is 0. The average Bonchev–Trinajstić information content (AvgIpc) is 2.76. The highest BCUT2D eigenvalue weighted by atomic mass is 35.5. The number of benzene rings is 1. The Labute approximate surface area is 148 Å². The SMILES string of the molecule is CC(C)COC(=O)CN1C(=O)S/C(=C/c2ccc(O)c(Cl)c2)C1=O. The van der Waals surface area contributed by atoms with Crippen LogP contribution in [0.1, 0.15) is 19.4 Å². The van der Waals surface area contributed by atoms with Crippen LogP contribution in [-0.4, -0.2) is 40.3 Å². The molecule has 1 N–H and O–H groups in total. The van der Waals surface area contributed by atoms with Crippen molar-refractivity contribution in [3.8, 4) is 5.75 Å². The van der Waals surface area contributed by atoms with Crippen LogP contribution in [0.5, 0.6) is 5.75 Å². The molecule has 6 nitrogen and oxygen atoms in total. The number of carbonyl (C=O) groups excluding carboxylic acids is 3. The molecule has 1 saturated heterocycles. The molecule has 1 aliphatic heterocycles. The van der Waals surface area contributed by atoms with E-state index in [0.29, 0.717) is 5.56 Å². The maximum Gasteiger partial charge on any atom is 0.326 e. The highest BCUT2D eigenvalue weighted by molar-refractivity contribution is 8.18. The fourth-order valence-electron chi connectivity index (χ4n) is 1.83. The summed E-state index contributed by atoms with van der Waals surface area (Å²) in [5, 5.41) is 9.00. The van der Waals surface area contributed by atoms with Gasteiger partial charge in [0, 0.05) is 0 Å². The van der Waals surface area contributed by atoms with Gasteiger partial charge in [-0.15, -0.1) is 0 Å². The van der Waals surface area contributed by atoms with Crippen molar-refractivity contribution in [2.45, 2.75) is 13.8 Å². The first-order chi connectivity index (χ1) is 11.3. The zero-order chi connectivity index (χ0) is 17.9. The molecule has 24 heavy (non-hydrogen) atoms. The third kappa shape index (κ3) is 4.52. The van der Waals surface area contributed by atoms with Crippen LogP contribution in [0.15, 0.2) is 23.1 Å². The molecule has 1 aromatic rings. The fraction of sp³-hybridized carbons (Fsp3) is 0.312. The largest absolute Gasteiger partial charge is 0.506 e. The molecule has 0 bridgehead atoms. The summed E-state index contributed by atoms with van der Waals surface area (Å²) in [4.78, 5) is 36.9. The maximum atomic E-state index is 12.3. The number of hydrogen-bond donors (Lipinski definition) is 1. The summed E-state index contributed by atoms with van der Waals surface area (Å²) >= 11 is 6.55. The second-order valence-electron chi connectivity index (χ2n) is 5.56. The molecular formula is C16H16ClNO5S. The van der Waals surface area contributed by atoms with Gasteiger partial charge in [-0.1, -0.05) is 31.5 Å². The van der Waals surface area contributed by atoms with E-state index < -0.39 is 23.7 Å². The lowest BCUT2D eigenvalue weighted by atomic mass is 10.2. The van der Waals surface area contributed by atoms with Gasteiger partial charge in [0.1, 0.15) is 12.3 Å². The predicted molar refractivity (Wildman–Crippen MR) is 91.6 cm³/mol. The Balaban J connectivity index is 2.09. The first-order valence-corrected chi connectivity index (χ1v) is 8.37. The zero-order valence-corrected chi connectivity index (χ0v) is 14.7. The molecule has 2 rings (SSSR count). The zero-order valence-electron chi connectivity index (χ0n) is 13.1. The highest BCUT2D eigenvalue weighted by Gasteiger charge is 2.36. The van der Waals surface area contributed by atoms with Gasteiger partial charge in [0.15, 0.2) is 0 Å². The van der Waals surface area contributed by atoms with Gasteiger partial charge in [0.2, 0.25) is 0 Å². The number of thioether (sulfide) groups is 1. The molecule has 0 saturated carbocycles. The molecule has 0 aliphatic carbocycles. The third-order valence-electron chi connectivity index (χ3n) is 3.01. The predicted octanol–water partition coefficient (Wildman–Crippen LogP) is 3.28. The van der Waals surface area contributed by atoms with Gasteiger partial charge in [-0.05, 0) is 41.5 Å². The van der Waals surface area contributed by atoms with Gasteiger partial charge in [-0.2, -0.15) is 0 Å². The Kier molecular flexibility index (Phi) is 5.90. The van der Waals surface area contributed by atoms with Crippen molar-refractivity contribution in [1.29, 1.82) is 0 Å². The Morgan fingerprint density at radius 1 is 1.42 bits per heavy atom. The number of phenolic OH excluding ortho intramolecular Hbond substituents is 1. The van der Waals surface area contributed by atoms with E-state index in [1.54, 1.807) is 6.07 Å². The Morgan fingerprint density at radius 3 is 2.75 bits per heavy atom. The average molecular weight is 370 g/mol. The molecule has 0 aromatic heterocycles. The molecule has 1 fully saturated rings. The summed E-state index contributed by atoms with van der Waals surface area (Å²) < 4.78 is 4.99. The molecular weight excluding hydrogens is 354 g/mol. The monoisotopic (exact) mass is 369 g/mol. The topological polar surface area (TPSA) is 83.9 Å². The minimum atomic E-state index is -0.625. The molecule has 0 spiro atoms. The van der Waals surface area contributed by atoms with Gasteiger partial charge < -0.3 is 9.84 Å².